The van der Waals surface area contributed by atoms with E-state index in [0.29, 0.717) is 11.8 Å². The first-order valence-electron chi connectivity index (χ1n) is 8.57. The van der Waals surface area contributed by atoms with Crippen molar-refractivity contribution >= 4 is 0 Å². The number of halogens is 3. The number of aromatic amines is 1. The van der Waals surface area contributed by atoms with Crippen molar-refractivity contribution in [3.05, 3.63) is 70.2 Å². The van der Waals surface area contributed by atoms with Gasteiger partial charge in [0.2, 0.25) is 0 Å². The molecule has 0 unspecified atom stereocenters. The number of aryl methyl sites for hydroxylation is 1. The smallest absolute Gasteiger partial charge is 0.328 e. The Morgan fingerprint density at radius 3 is 2.59 bits per heavy atom. The molecule has 0 amide bonds. The van der Waals surface area contributed by atoms with Gasteiger partial charge in [0.25, 0.3) is 5.56 Å². The van der Waals surface area contributed by atoms with Crippen LogP contribution in [-0.2, 0) is 18.6 Å². The maximum Gasteiger partial charge on any atom is 0.417 e. The average molecular weight is 374 g/mol. The van der Waals surface area contributed by atoms with Crippen LogP contribution in [0, 0.1) is 0 Å². The summed E-state index contributed by atoms with van der Waals surface area (Å²) in [5, 5.41) is 8.21. The second-order valence-electron chi connectivity index (χ2n) is 6.91. The Hall–Kier alpha value is -2.90. The molecule has 1 aliphatic rings. The van der Waals surface area contributed by atoms with Gasteiger partial charge in [0, 0.05) is 18.8 Å². The van der Waals surface area contributed by atoms with Gasteiger partial charge in [-0.2, -0.15) is 13.2 Å². The molecule has 0 radical (unpaired) electrons. The van der Waals surface area contributed by atoms with E-state index in [2.05, 4.69) is 15.2 Å². The zero-order valence-corrected chi connectivity index (χ0v) is 14.5. The summed E-state index contributed by atoms with van der Waals surface area (Å²) in [5.74, 6) is 0.823. The van der Waals surface area contributed by atoms with Gasteiger partial charge in [0.15, 0.2) is 0 Å². The standard InChI is InChI=1S/C19H17F3N4O/c1-26-11-24-25-17(26)18(6-3-7-18)13-5-2-4-12(8-13)15-9-14(19(20,21)22)10-23-16(15)27/h2,4-5,8-11H,3,6-7H2,1H3,(H,23,27). The SMILES string of the molecule is Cn1cnnc1C1(c2cccc(-c3cc(C(F)(F)F)c[nH]c3=O)c2)CCC1. The Morgan fingerprint density at radius 2 is 2.00 bits per heavy atom. The predicted molar refractivity (Wildman–Crippen MR) is 93.1 cm³/mol. The number of hydrogen-bond donors (Lipinski definition) is 1. The van der Waals surface area contributed by atoms with E-state index < -0.39 is 17.3 Å². The number of H-pyrrole nitrogens is 1. The zero-order valence-electron chi connectivity index (χ0n) is 14.5. The third-order valence-electron chi connectivity index (χ3n) is 5.30. The average Bonchev–Trinajstić information content (AvgIpc) is 3.00. The highest BCUT2D eigenvalue weighted by Crippen LogP contribution is 2.48. The quantitative estimate of drug-likeness (QED) is 0.761. The third-order valence-corrected chi connectivity index (χ3v) is 5.30. The van der Waals surface area contributed by atoms with E-state index in [1.165, 1.54) is 0 Å². The summed E-state index contributed by atoms with van der Waals surface area (Å²) in [5.41, 5.74) is -0.377. The first-order chi connectivity index (χ1) is 12.8. The Kier molecular flexibility index (Phi) is 3.94. The molecule has 1 N–H and O–H groups in total. The van der Waals surface area contributed by atoms with E-state index in [-0.39, 0.29) is 11.0 Å². The van der Waals surface area contributed by atoms with E-state index in [4.69, 9.17) is 0 Å². The lowest BCUT2D eigenvalue weighted by molar-refractivity contribution is -0.137. The number of benzene rings is 1. The highest BCUT2D eigenvalue weighted by atomic mass is 19.4. The van der Waals surface area contributed by atoms with Gasteiger partial charge in [-0.15, -0.1) is 10.2 Å². The third kappa shape index (κ3) is 2.85. The van der Waals surface area contributed by atoms with Crippen molar-refractivity contribution in [2.24, 2.45) is 7.05 Å². The number of rotatable bonds is 3. The molecule has 0 aliphatic heterocycles. The van der Waals surface area contributed by atoms with Crippen LogP contribution in [0.3, 0.4) is 0 Å². The molecule has 3 aromatic rings. The van der Waals surface area contributed by atoms with Gasteiger partial charge in [-0.1, -0.05) is 24.6 Å². The summed E-state index contributed by atoms with van der Waals surface area (Å²) in [6.07, 6.45) is 0.592. The Labute approximate surface area is 152 Å². The van der Waals surface area contributed by atoms with Crippen LogP contribution < -0.4 is 5.56 Å². The summed E-state index contributed by atoms with van der Waals surface area (Å²) in [4.78, 5) is 14.4. The van der Waals surface area contributed by atoms with Crippen molar-refractivity contribution in [1.29, 1.82) is 0 Å². The number of pyridine rings is 1. The lowest BCUT2D eigenvalue weighted by Crippen LogP contribution is -2.38. The minimum absolute atomic E-state index is 0.000821. The maximum atomic E-state index is 13.0. The highest BCUT2D eigenvalue weighted by molar-refractivity contribution is 5.65. The molecule has 0 saturated heterocycles. The van der Waals surface area contributed by atoms with Crippen molar-refractivity contribution in [3.8, 4) is 11.1 Å². The van der Waals surface area contributed by atoms with Crippen LogP contribution in [0.25, 0.3) is 11.1 Å². The number of nitrogens with zero attached hydrogens (tertiary/aromatic N) is 3. The van der Waals surface area contributed by atoms with Gasteiger partial charge >= 0.3 is 6.18 Å². The van der Waals surface area contributed by atoms with Gasteiger partial charge in [-0.05, 0) is 36.1 Å². The van der Waals surface area contributed by atoms with E-state index >= 15 is 0 Å². The van der Waals surface area contributed by atoms with Crippen molar-refractivity contribution in [2.45, 2.75) is 30.9 Å². The molecule has 1 aliphatic carbocycles. The van der Waals surface area contributed by atoms with Gasteiger partial charge in [-0.3, -0.25) is 4.79 Å². The zero-order chi connectivity index (χ0) is 19.2. The molecule has 140 valence electrons. The second-order valence-corrected chi connectivity index (χ2v) is 6.91. The molecular formula is C19H17F3N4O. The lowest BCUT2D eigenvalue weighted by atomic mass is 9.63. The summed E-state index contributed by atoms with van der Waals surface area (Å²) in [7, 11) is 1.87. The molecule has 2 aromatic heterocycles. The van der Waals surface area contributed by atoms with E-state index in [0.717, 1.165) is 36.7 Å². The van der Waals surface area contributed by atoms with Crippen LogP contribution in [0.5, 0.6) is 0 Å². The van der Waals surface area contributed by atoms with E-state index in [1.807, 2.05) is 17.7 Å². The molecular weight excluding hydrogens is 357 g/mol. The summed E-state index contributed by atoms with van der Waals surface area (Å²) in [6, 6.07) is 8.03. The van der Waals surface area contributed by atoms with Crippen LogP contribution in [0.4, 0.5) is 13.2 Å². The van der Waals surface area contributed by atoms with Crippen LogP contribution in [0.15, 0.2) is 47.7 Å². The summed E-state index contributed by atoms with van der Waals surface area (Å²) >= 11 is 0. The van der Waals surface area contributed by atoms with Gasteiger partial charge in [0.05, 0.1) is 11.0 Å². The van der Waals surface area contributed by atoms with Crippen LogP contribution >= 0.6 is 0 Å². The van der Waals surface area contributed by atoms with Gasteiger partial charge in [0.1, 0.15) is 12.2 Å². The molecule has 4 rings (SSSR count). The van der Waals surface area contributed by atoms with Gasteiger partial charge < -0.3 is 9.55 Å². The number of nitrogens with one attached hydrogen (secondary N) is 1. The fraction of sp³-hybridized carbons (Fsp3) is 0.316. The van der Waals surface area contributed by atoms with Crippen molar-refractivity contribution in [1.82, 2.24) is 19.7 Å². The normalized spacial score (nSPS) is 16.1. The summed E-state index contributed by atoms with van der Waals surface area (Å²) in [6.45, 7) is 0. The highest BCUT2D eigenvalue weighted by Gasteiger charge is 2.44. The minimum Gasteiger partial charge on any atom is -0.328 e. The Bertz CT molecular complexity index is 1050. The lowest BCUT2D eigenvalue weighted by Gasteiger charge is -2.41. The van der Waals surface area contributed by atoms with Crippen molar-refractivity contribution in [2.75, 3.05) is 0 Å². The molecule has 2 heterocycles. The number of hydrogen-bond acceptors (Lipinski definition) is 3. The molecule has 0 spiro atoms. The molecule has 27 heavy (non-hydrogen) atoms. The van der Waals surface area contributed by atoms with Crippen molar-refractivity contribution in [3.63, 3.8) is 0 Å². The number of aromatic nitrogens is 4. The minimum atomic E-state index is -4.52. The Morgan fingerprint density at radius 1 is 1.22 bits per heavy atom. The van der Waals surface area contributed by atoms with E-state index in [9.17, 15) is 18.0 Å². The molecule has 1 aromatic carbocycles. The predicted octanol–water partition coefficient (Wildman–Crippen LogP) is 3.66. The first-order valence-corrected chi connectivity index (χ1v) is 8.57. The molecule has 1 saturated carbocycles. The van der Waals surface area contributed by atoms with E-state index in [1.54, 1.807) is 24.5 Å². The molecule has 0 atom stereocenters. The fourth-order valence-electron chi connectivity index (χ4n) is 3.73. The largest absolute Gasteiger partial charge is 0.417 e. The Balaban J connectivity index is 1.83. The second kappa shape index (κ2) is 6.07. The van der Waals surface area contributed by atoms with Crippen molar-refractivity contribution < 1.29 is 13.2 Å². The topological polar surface area (TPSA) is 63.6 Å². The van der Waals surface area contributed by atoms with Crippen LogP contribution in [-0.4, -0.2) is 19.7 Å². The monoisotopic (exact) mass is 374 g/mol. The number of alkyl halides is 3. The van der Waals surface area contributed by atoms with Crippen LogP contribution in [0.2, 0.25) is 0 Å². The molecule has 8 heteroatoms. The molecule has 0 bridgehead atoms. The maximum absolute atomic E-state index is 13.0. The summed E-state index contributed by atoms with van der Waals surface area (Å²) < 4.78 is 41.0. The van der Waals surface area contributed by atoms with Gasteiger partial charge in [-0.25, -0.2) is 0 Å². The first kappa shape index (κ1) is 17.5. The molecule has 1 fully saturated rings. The van der Waals surface area contributed by atoms with Crippen LogP contribution in [0.1, 0.15) is 36.2 Å². The fourth-order valence-corrected chi connectivity index (χ4v) is 3.73. The molecule has 5 nitrogen and oxygen atoms in total.